The van der Waals surface area contributed by atoms with Gasteiger partial charge in [-0.25, -0.2) is 4.79 Å². The van der Waals surface area contributed by atoms with Gasteiger partial charge in [0.25, 0.3) is 0 Å². The van der Waals surface area contributed by atoms with Gasteiger partial charge in [0.1, 0.15) is 12.5 Å². The summed E-state index contributed by atoms with van der Waals surface area (Å²) < 4.78 is 0. The fourth-order valence-electron chi connectivity index (χ4n) is 0.129. The first kappa shape index (κ1) is 13.9. The maximum atomic E-state index is 9.45. The monoisotopic (exact) mass is 194 g/mol. The summed E-state index contributed by atoms with van der Waals surface area (Å²) in [5.74, 6) is -3.81. The molecule has 0 radical (unpaired) electrons. The normalized spacial score (nSPS) is 10.6. The highest BCUT2D eigenvalue weighted by Crippen LogP contribution is 1.74. The molecule has 0 aliphatic heterocycles. The summed E-state index contributed by atoms with van der Waals surface area (Å²) in [6, 6.07) is 0. The summed E-state index contributed by atoms with van der Waals surface area (Å²) in [6.45, 7) is 1.20. The Bertz CT molecular complexity index is 183. The molecule has 0 fully saturated rings. The topological polar surface area (TPSA) is 132 Å². The van der Waals surface area contributed by atoms with Crippen LogP contribution in [0.1, 0.15) is 13.3 Å². The first-order valence-electron chi connectivity index (χ1n) is 3.11. The van der Waals surface area contributed by atoms with Crippen molar-refractivity contribution in [2.75, 3.05) is 0 Å². The molecule has 0 heterocycles. The van der Waals surface area contributed by atoms with E-state index < -0.39 is 30.4 Å². The zero-order valence-corrected chi connectivity index (χ0v) is 6.80. The third-order valence-electron chi connectivity index (χ3n) is 0.660. The fraction of sp³-hybridized carbons (Fsp3) is 0.500. The second kappa shape index (κ2) is 7.04. The molecular formula is C6H10O7. The van der Waals surface area contributed by atoms with Gasteiger partial charge in [0.05, 0.1) is 0 Å². The first-order valence-corrected chi connectivity index (χ1v) is 3.11. The maximum absolute atomic E-state index is 9.45. The number of hydrogen-bond donors (Lipinski definition) is 4. The summed E-state index contributed by atoms with van der Waals surface area (Å²) >= 11 is 0. The van der Waals surface area contributed by atoms with E-state index in [0.29, 0.717) is 0 Å². The van der Waals surface area contributed by atoms with Gasteiger partial charge in [-0.05, 0) is 6.92 Å². The number of aliphatic hydroxyl groups is 1. The molecule has 0 amide bonds. The van der Waals surface area contributed by atoms with Crippen LogP contribution in [-0.2, 0) is 14.4 Å². The molecule has 13 heavy (non-hydrogen) atoms. The van der Waals surface area contributed by atoms with E-state index in [1.54, 1.807) is 0 Å². The summed E-state index contributed by atoms with van der Waals surface area (Å²) in [5.41, 5.74) is 0. The third-order valence-corrected chi connectivity index (χ3v) is 0.660. The summed E-state index contributed by atoms with van der Waals surface area (Å²) in [7, 11) is 0. The van der Waals surface area contributed by atoms with E-state index in [4.69, 9.17) is 20.4 Å². The minimum atomic E-state index is -1.31. The molecule has 0 spiro atoms. The van der Waals surface area contributed by atoms with E-state index in [2.05, 4.69) is 0 Å². The maximum Gasteiger partial charge on any atom is 0.332 e. The Morgan fingerprint density at radius 1 is 1.08 bits per heavy atom. The van der Waals surface area contributed by atoms with Crippen LogP contribution < -0.4 is 0 Å². The highest BCUT2D eigenvalue weighted by molar-refractivity contribution is 5.88. The predicted octanol–water partition coefficient (Wildman–Crippen LogP) is -1.00. The Balaban J connectivity index is 0. The summed E-state index contributed by atoms with van der Waals surface area (Å²) in [6.07, 6.45) is -2.04. The quantitative estimate of drug-likeness (QED) is 0.423. The minimum Gasteiger partial charge on any atom is -0.481 e. The molecule has 0 aliphatic carbocycles. The number of carboxylic acid groups (broad SMARTS) is 3. The molecule has 4 N–H and O–H groups in total. The number of hydrogen-bond acceptors (Lipinski definition) is 4. The number of aliphatic carboxylic acids is 3. The summed E-state index contributed by atoms with van der Waals surface area (Å²) in [5, 5.41) is 31.2. The third kappa shape index (κ3) is 17.9. The van der Waals surface area contributed by atoms with Gasteiger partial charge in [-0.1, -0.05) is 0 Å². The Labute approximate surface area is 73.2 Å². The predicted molar refractivity (Wildman–Crippen MR) is 39.2 cm³/mol. The van der Waals surface area contributed by atoms with Gasteiger partial charge < -0.3 is 20.4 Å². The number of carbonyl (C=O) groups is 3. The molecule has 0 aromatic heterocycles. The fourth-order valence-corrected chi connectivity index (χ4v) is 0.129. The van der Waals surface area contributed by atoms with Crippen LogP contribution in [0.5, 0.6) is 0 Å². The average Bonchev–Trinajstić information content (AvgIpc) is 1.84. The lowest BCUT2D eigenvalue weighted by atomic mass is 10.4. The van der Waals surface area contributed by atoms with Crippen molar-refractivity contribution in [1.82, 2.24) is 0 Å². The zero-order valence-electron chi connectivity index (χ0n) is 6.80. The van der Waals surface area contributed by atoms with Crippen LogP contribution in [0.25, 0.3) is 0 Å². The van der Waals surface area contributed by atoms with Gasteiger partial charge in [-0.2, -0.15) is 0 Å². The largest absolute Gasteiger partial charge is 0.481 e. The van der Waals surface area contributed by atoms with Gasteiger partial charge in [0, 0.05) is 0 Å². The zero-order chi connectivity index (χ0) is 11.0. The number of aliphatic hydroxyl groups excluding tert-OH is 1. The van der Waals surface area contributed by atoms with Crippen molar-refractivity contribution < 1.29 is 34.8 Å². The molecule has 0 saturated carbocycles. The first-order chi connectivity index (χ1) is 5.77. The Morgan fingerprint density at radius 3 is 1.31 bits per heavy atom. The lowest BCUT2D eigenvalue weighted by molar-refractivity contribution is -0.147. The number of carboxylic acids is 3. The van der Waals surface area contributed by atoms with E-state index in [9.17, 15) is 14.4 Å². The average molecular weight is 194 g/mol. The van der Waals surface area contributed by atoms with E-state index in [1.165, 1.54) is 6.92 Å². The van der Waals surface area contributed by atoms with Gasteiger partial charge in [0.2, 0.25) is 0 Å². The molecule has 0 aromatic carbocycles. The van der Waals surface area contributed by atoms with Crippen molar-refractivity contribution in [3.05, 3.63) is 0 Å². The van der Waals surface area contributed by atoms with Crippen molar-refractivity contribution in [3.8, 4) is 0 Å². The van der Waals surface area contributed by atoms with Crippen LogP contribution in [0.4, 0.5) is 0 Å². The van der Waals surface area contributed by atoms with Crippen LogP contribution in [0.2, 0.25) is 0 Å². The standard InChI is InChI=1S/C3H4O4.C3H6O3/c4-2(5)1-3(6)7;1-2(4)3(5)6/h1H2,(H,4,5)(H,6,7);2,4H,1H3,(H,5,6). The van der Waals surface area contributed by atoms with Crippen molar-refractivity contribution in [2.45, 2.75) is 19.4 Å². The van der Waals surface area contributed by atoms with E-state index in [1.807, 2.05) is 0 Å². The van der Waals surface area contributed by atoms with E-state index >= 15 is 0 Å². The lowest BCUT2D eigenvalue weighted by Crippen LogP contribution is -2.13. The molecule has 0 saturated heterocycles. The number of rotatable bonds is 3. The highest BCUT2D eigenvalue weighted by atomic mass is 16.4. The molecule has 0 aromatic rings. The second-order valence-electron chi connectivity index (χ2n) is 1.98. The SMILES string of the molecule is CC(O)C(=O)O.O=C(O)CC(=O)O. The van der Waals surface area contributed by atoms with Crippen molar-refractivity contribution in [1.29, 1.82) is 0 Å². The summed E-state index contributed by atoms with van der Waals surface area (Å²) in [4.78, 5) is 28.3. The van der Waals surface area contributed by atoms with Crippen molar-refractivity contribution in [2.24, 2.45) is 0 Å². The van der Waals surface area contributed by atoms with Crippen LogP contribution in [-0.4, -0.2) is 44.4 Å². The molecule has 7 heteroatoms. The Morgan fingerprint density at radius 2 is 1.31 bits per heavy atom. The van der Waals surface area contributed by atoms with Gasteiger partial charge in [-0.15, -0.1) is 0 Å². The molecule has 1 unspecified atom stereocenters. The minimum absolute atomic E-state index is 0.806. The smallest absolute Gasteiger partial charge is 0.332 e. The Kier molecular flexibility index (Phi) is 7.54. The highest BCUT2D eigenvalue weighted by Gasteiger charge is 2.02. The van der Waals surface area contributed by atoms with Crippen LogP contribution in [0.15, 0.2) is 0 Å². The molecule has 0 rings (SSSR count). The van der Waals surface area contributed by atoms with Crippen molar-refractivity contribution >= 4 is 17.9 Å². The molecule has 0 aliphatic rings. The second-order valence-corrected chi connectivity index (χ2v) is 1.98. The Hall–Kier alpha value is -1.63. The van der Waals surface area contributed by atoms with Crippen LogP contribution in [0, 0.1) is 0 Å². The lowest BCUT2D eigenvalue weighted by Gasteiger charge is -1.89. The molecule has 0 bridgehead atoms. The molecule has 76 valence electrons. The van der Waals surface area contributed by atoms with Gasteiger partial charge >= 0.3 is 17.9 Å². The molecule has 1 atom stereocenters. The van der Waals surface area contributed by atoms with Crippen LogP contribution in [0.3, 0.4) is 0 Å². The molecular weight excluding hydrogens is 184 g/mol. The van der Waals surface area contributed by atoms with Crippen molar-refractivity contribution in [3.63, 3.8) is 0 Å². The van der Waals surface area contributed by atoms with Gasteiger partial charge in [-0.3, -0.25) is 9.59 Å². The molecule has 7 nitrogen and oxygen atoms in total. The van der Waals surface area contributed by atoms with E-state index in [0.717, 1.165) is 0 Å². The van der Waals surface area contributed by atoms with Crippen LogP contribution >= 0.6 is 0 Å². The van der Waals surface area contributed by atoms with Gasteiger partial charge in [0.15, 0.2) is 0 Å². The van der Waals surface area contributed by atoms with E-state index in [-0.39, 0.29) is 0 Å².